The normalized spacial score (nSPS) is 12.2. The third-order valence-electron chi connectivity index (χ3n) is 3.77. The molecule has 8 heteroatoms. The van der Waals surface area contributed by atoms with Gasteiger partial charge in [0.1, 0.15) is 11.6 Å². The van der Waals surface area contributed by atoms with Crippen LogP contribution in [-0.4, -0.2) is 14.8 Å². The molecule has 0 aliphatic heterocycles. The molecule has 0 saturated heterocycles. The number of rotatable bonds is 6. The lowest BCUT2D eigenvalue weighted by atomic mass is 10.2. The number of hydrogen-bond donors (Lipinski definition) is 0. The van der Waals surface area contributed by atoms with Gasteiger partial charge in [0.15, 0.2) is 17.1 Å². The highest BCUT2D eigenvalue weighted by atomic mass is 79.9. The van der Waals surface area contributed by atoms with E-state index in [0.717, 1.165) is 10.2 Å². The van der Waals surface area contributed by atoms with Gasteiger partial charge in [-0.2, -0.15) is 0 Å². The topological polar surface area (TPSA) is 39.9 Å². The Kier molecular flexibility index (Phi) is 6.21. The predicted octanol–water partition coefficient (Wildman–Crippen LogP) is 5.80. The molecule has 136 valence electrons. The van der Waals surface area contributed by atoms with Crippen LogP contribution in [0.4, 0.5) is 4.39 Å². The SMILES string of the molecule is C[C@@H](Oc1ccc(Br)cc1)c1nnc(SCc2c(F)cccc2Cl)n1C. The summed E-state index contributed by atoms with van der Waals surface area (Å²) < 4.78 is 22.6. The number of nitrogens with zero attached hydrogens (tertiary/aromatic N) is 3. The van der Waals surface area contributed by atoms with Crippen LogP contribution in [0.25, 0.3) is 0 Å². The van der Waals surface area contributed by atoms with Crippen molar-refractivity contribution >= 4 is 39.3 Å². The maximum Gasteiger partial charge on any atom is 0.191 e. The van der Waals surface area contributed by atoms with E-state index < -0.39 is 0 Å². The molecule has 1 aromatic heterocycles. The first-order chi connectivity index (χ1) is 12.5. The molecule has 0 N–H and O–H groups in total. The van der Waals surface area contributed by atoms with Gasteiger partial charge in [-0.25, -0.2) is 4.39 Å². The summed E-state index contributed by atoms with van der Waals surface area (Å²) in [7, 11) is 1.86. The first kappa shape index (κ1) is 19.2. The summed E-state index contributed by atoms with van der Waals surface area (Å²) in [5, 5.41) is 9.49. The first-order valence-corrected chi connectivity index (χ1v) is 9.98. The number of aromatic nitrogens is 3. The Bertz CT molecular complexity index is 884. The highest BCUT2D eigenvalue weighted by Crippen LogP contribution is 2.29. The average molecular weight is 457 g/mol. The zero-order valence-electron chi connectivity index (χ0n) is 14.1. The molecular weight excluding hydrogens is 441 g/mol. The summed E-state index contributed by atoms with van der Waals surface area (Å²) >= 11 is 10.8. The van der Waals surface area contributed by atoms with Gasteiger partial charge in [-0.15, -0.1) is 10.2 Å². The van der Waals surface area contributed by atoms with Gasteiger partial charge in [-0.05, 0) is 43.3 Å². The van der Waals surface area contributed by atoms with Crippen molar-refractivity contribution in [3.8, 4) is 5.75 Å². The molecular formula is C18H16BrClFN3OS. The van der Waals surface area contributed by atoms with E-state index in [1.807, 2.05) is 42.8 Å². The Balaban J connectivity index is 1.70. The van der Waals surface area contributed by atoms with Gasteiger partial charge in [0.25, 0.3) is 0 Å². The van der Waals surface area contributed by atoms with Crippen LogP contribution in [0.5, 0.6) is 5.75 Å². The molecule has 0 bridgehead atoms. The fraction of sp³-hybridized carbons (Fsp3) is 0.222. The third-order valence-corrected chi connectivity index (χ3v) is 5.70. The lowest BCUT2D eigenvalue weighted by Gasteiger charge is -2.14. The van der Waals surface area contributed by atoms with Crippen LogP contribution in [0.2, 0.25) is 5.02 Å². The van der Waals surface area contributed by atoms with E-state index in [9.17, 15) is 4.39 Å². The van der Waals surface area contributed by atoms with Gasteiger partial charge in [-0.3, -0.25) is 0 Å². The largest absolute Gasteiger partial charge is 0.483 e. The van der Waals surface area contributed by atoms with Crippen molar-refractivity contribution in [2.75, 3.05) is 0 Å². The highest BCUT2D eigenvalue weighted by Gasteiger charge is 2.18. The second-order valence-electron chi connectivity index (χ2n) is 5.60. The molecule has 0 unspecified atom stereocenters. The molecule has 3 rings (SSSR count). The van der Waals surface area contributed by atoms with Crippen LogP contribution < -0.4 is 4.74 Å². The molecule has 0 fully saturated rings. The molecule has 4 nitrogen and oxygen atoms in total. The molecule has 0 radical (unpaired) electrons. The lowest BCUT2D eigenvalue weighted by molar-refractivity contribution is 0.211. The average Bonchev–Trinajstić information content (AvgIpc) is 2.97. The number of halogens is 3. The zero-order chi connectivity index (χ0) is 18.7. The van der Waals surface area contributed by atoms with E-state index in [0.29, 0.717) is 27.3 Å². The van der Waals surface area contributed by atoms with Crippen molar-refractivity contribution in [2.24, 2.45) is 7.05 Å². The van der Waals surface area contributed by atoms with Crippen LogP contribution in [-0.2, 0) is 12.8 Å². The summed E-state index contributed by atoms with van der Waals surface area (Å²) in [4.78, 5) is 0. The van der Waals surface area contributed by atoms with E-state index in [-0.39, 0.29) is 11.9 Å². The van der Waals surface area contributed by atoms with E-state index in [2.05, 4.69) is 26.1 Å². The Morgan fingerprint density at radius 1 is 1.23 bits per heavy atom. The fourth-order valence-corrected chi connectivity index (χ4v) is 3.91. The van der Waals surface area contributed by atoms with Crippen LogP contribution in [0.1, 0.15) is 24.4 Å². The highest BCUT2D eigenvalue weighted by molar-refractivity contribution is 9.10. The quantitative estimate of drug-likeness (QED) is 0.439. The Morgan fingerprint density at radius 3 is 2.65 bits per heavy atom. The van der Waals surface area contributed by atoms with E-state index in [1.54, 1.807) is 12.1 Å². The lowest BCUT2D eigenvalue weighted by Crippen LogP contribution is -2.10. The minimum atomic E-state index is -0.320. The van der Waals surface area contributed by atoms with Gasteiger partial charge in [0.05, 0.1) is 0 Å². The minimum Gasteiger partial charge on any atom is -0.483 e. The zero-order valence-corrected chi connectivity index (χ0v) is 17.3. The van der Waals surface area contributed by atoms with Gasteiger partial charge in [0.2, 0.25) is 0 Å². The van der Waals surface area contributed by atoms with Crippen LogP contribution in [0, 0.1) is 5.82 Å². The smallest absolute Gasteiger partial charge is 0.191 e. The van der Waals surface area contributed by atoms with Crippen molar-refractivity contribution in [2.45, 2.75) is 23.9 Å². The minimum absolute atomic E-state index is 0.278. The predicted molar refractivity (Wildman–Crippen MR) is 105 cm³/mol. The summed E-state index contributed by atoms with van der Waals surface area (Å²) in [6.45, 7) is 1.91. The summed E-state index contributed by atoms with van der Waals surface area (Å²) in [6.07, 6.45) is -0.278. The van der Waals surface area contributed by atoms with Gasteiger partial charge >= 0.3 is 0 Å². The van der Waals surface area contributed by atoms with E-state index in [4.69, 9.17) is 16.3 Å². The summed E-state index contributed by atoms with van der Waals surface area (Å²) in [5.41, 5.74) is 0.461. The second-order valence-corrected chi connectivity index (χ2v) is 7.87. The van der Waals surface area contributed by atoms with Crippen LogP contribution >= 0.6 is 39.3 Å². The first-order valence-electron chi connectivity index (χ1n) is 7.83. The van der Waals surface area contributed by atoms with Crippen LogP contribution in [0.15, 0.2) is 52.1 Å². The molecule has 0 aliphatic carbocycles. The Morgan fingerprint density at radius 2 is 1.96 bits per heavy atom. The molecule has 26 heavy (non-hydrogen) atoms. The molecule has 0 aliphatic rings. The molecule has 0 saturated carbocycles. The Labute approximate surface area is 168 Å². The summed E-state index contributed by atoms with van der Waals surface area (Å²) in [5.74, 6) is 1.49. The van der Waals surface area contributed by atoms with Crippen molar-refractivity contribution in [3.05, 3.63) is 69.2 Å². The molecule has 0 amide bonds. The number of hydrogen-bond acceptors (Lipinski definition) is 4. The molecule has 3 aromatic rings. The third kappa shape index (κ3) is 4.39. The molecule has 0 spiro atoms. The second kappa shape index (κ2) is 8.41. The number of benzene rings is 2. The molecule has 2 aromatic carbocycles. The van der Waals surface area contributed by atoms with Gasteiger partial charge < -0.3 is 9.30 Å². The number of thioether (sulfide) groups is 1. The van der Waals surface area contributed by atoms with Crippen molar-refractivity contribution in [1.29, 1.82) is 0 Å². The number of ether oxygens (including phenoxy) is 1. The standard InChI is InChI=1S/C18H16BrClFN3OS/c1-11(25-13-8-6-12(19)7-9-13)17-22-23-18(24(17)2)26-10-14-15(20)4-3-5-16(14)21/h3-9,11H,10H2,1-2H3/t11-/m1/s1. The maximum absolute atomic E-state index is 13.9. The van der Waals surface area contributed by atoms with Crippen molar-refractivity contribution < 1.29 is 9.13 Å². The van der Waals surface area contributed by atoms with Crippen molar-refractivity contribution in [1.82, 2.24) is 14.8 Å². The van der Waals surface area contributed by atoms with Crippen molar-refractivity contribution in [3.63, 3.8) is 0 Å². The Hall–Kier alpha value is -1.57. The summed E-state index contributed by atoms with van der Waals surface area (Å²) in [6, 6.07) is 12.3. The van der Waals surface area contributed by atoms with Crippen LogP contribution in [0.3, 0.4) is 0 Å². The van der Waals surface area contributed by atoms with Gasteiger partial charge in [0, 0.05) is 27.9 Å². The van der Waals surface area contributed by atoms with Gasteiger partial charge in [-0.1, -0.05) is 45.4 Å². The monoisotopic (exact) mass is 455 g/mol. The maximum atomic E-state index is 13.9. The fourth-order valence-electron chi connectivity index (χ4n) is 2.38. The van der Waals surface area contributed by atoms with E-state index >= 15 is 0 Å². The van der Waals surface area contributed by atoms with E-state index in [1.165, 1.54) is 17.8 Å². The molecule has 1 atom stereocenters. The molecule has 1 heterocycles.